The molecule has 0 spiro atoms. The molecule has 52 heavy (non-hydrogen) atoms. The molecule has 0 saturated carbocycles. The van der Waals surface area contributed by atoms with Crippen molar-refractivity contribution in [3.8, 4) is 0 Å². The minimum Gasteiger partial charge on any atom is -0.445 e. The Bertz CT molecular complexity index is 1800. The van der Waals surface area contributed by atoms with Gasteiger partial charge in [0, 0.05) is 67.8 Å². The van der Waals surface area contributed by atoms with Crippen LogP contribution in [0, 0.1) is 20.2 Å². The van der Waals surface area contributed by atoms with Gasteiger partial charge in [-0.15, -0.1) is 0 Å². The van der Waals surface area contributed by atoms with E-state index in [9.17, 15) is 44.2 Å². The molecule has 5 rings (SSSR count). The van der Waals surface area contributed by atoms with E-state index >= 15 is 0 Å². The average molecular weight is 735 g/mol. The predicted molar refractivity (Wildman–Crippen MR) is 185 cm³/mol. The summed E-state index contributed by atoms with van der Waals surface area (Å²) in [5.74, 6) is -0.754. The fraction of sp³-hybridized carbons (Fsp3) is 0.324. The number of piperazine rings is 1. The number of rotatable bonds is 11. The molecule has 2 heterocycles. The summed E-state index contributed by atoms with van der Waals surface area (Å²) in [4.78, 5) is 90.1. The van der Waals surface area contributed by atoms with Crippen molar-refractivity contribution in [3.63, 3.8) is 0 Å². The summed E-state index contributed by atoms with van der Waals surface area (Å²) in [6.45, 7) is 0.0612. The number of amides is 4. The van der Waals surface area contributed by atoms with Crippen LogP contribution in [0.2, 0.25) is 0 Å². The minimum absolute atomic E-state index is 0.0726. The fourth-order valence-corrected chi connectivity index (χ4v) is 6.70. The van der Waals surface area contributed by atoms with E-state index < -0.39 is 39.2 Å². The van der Waals surface area contributed by atoms with Crippen LogP contribution in [0.4, 0.5) is 21.0 Å². The van der Waals surface area contributed by atoms with Crippen LogP contribution in [0.1, 0.15) is 27.9 Å². The largest absolute Gasteiger partial charge is 0.445 e. The number of ether oxygens (including phenoxy) is 2. The van der Waals surface area contributed by atoms with Gasteiger partial charge in [0.05, 0.1) is 9.85 Å². The summed E-state index contributed by atoms with van der Waals surface area (Å²) in [5, 5.41) is 23.5. The average Bonchev–Trinajstić information content (AvgIpc) is 3.59. The van der Waals surface area contributed by atoms with E-state index in [1.165, 1.54) is 58.3 Å². The molecule has 0 aliphatic carbocycles. The first-order valence-electron chi connectivity index (χ1n) is 16.1. The summed E-state index contributed by atoms with van der Waals surface area (Å²) in [6, 6.07) is 18.7. The van der Waals surface area contributed by atoms with Crippen LogP contribution in [0.15, 0.2) is 78.9 Å². The molecule has 0 bridgehead atoms. The van der Waals surface area contributed by atoms with Gasteiger partial charge in [-0.3, -0.25) is 39.5 Å². The number of likely N-dealkylation sites (tertiary alicyclic amines) is 1. The molecule has 2 fully saturated rings. The van der Waals surface area contributed by atoms with E-state index in [0.717, 1.165) is 11.8 Å². The lowest BCUT2D eigenvalue weighted by atomic mass is 10.1. The molecule has 2 atom stereocenters. The number of alkyl carbamates (subject to hydrolysis) is 1. The normalized spacial score (nSPS) is 16.9. The number of hydrogen-bond donors (Lipinski definition) is 1. The number of nitro benzene ring substituents is 2. The molecule has 17 nitrogen and oxygen atoms in total. The van der Waals surface area contributed by atoms with E-state index in [1.807, 2.05) is 0 Å². The Balaban J connectivity index is 1.13. The molecule has 272 valence electrons. The number of carbonyl (C=O) groups is 5. The van der Waals surface area contributed by atoms with Crippen LogP contribution in [-0.2, 0) is 32.3 Å². The highest BCUT2D eigenvalue weighted by Gasteiger charge is 2.44. The van der Waals surface area contributed by atoms with E-state index in [4.69, 9.17) is 9.47 Å². The second-order valence-corrected chi connectivity index (χ2v) is 13.1. The van der Waals surface area contributed by atoms with Crippen molar-refractivity contribution in [1.82, 2.24) is 20.0 Å². The van der Waals surface area contributed by atoms with Gasteiger partial charge < -0.3 is 24.6 Å². The first-order valence-corrected chi connectivity index (χ1v) is 17.0. The molecule has 3 aromatic carbocycles. The number of thioether (sulfide) groups is 1. The third kappa shape index (κ3) is 9.81. The Morgan fingerprint density at radius 2 is 1.29 bits per heavy atom. The van der Waals surface area contributed by atoms with Gasteiger partial charge in [0.25, 0.3) is 11.4 Å². The number of nitro groups is 2. The van der Waals surface area contributed by atoms with Gasteiger partial charge >= 0.3 is 12.2 Å². The van der Waals surface area contributed by atoms with Gasteiger partial charge in [0.2, 0.25) is 16.9 Å². The summed E-state index contributed by atoms with van der Waals surface area (Å²) < 4.78 is 10.6. The molecular formula is C34H34N6O11S. The van der Waals surface area contributed by atoms with Crippen LogP contribution in [0.3, 0.4) is 0 Å². The van der Waals surface area contributed by atoms with Crippen molar-refractivity contribution in [1.29, 1.82) is 0 Å². The highest BCUT2D eigenvalue weighted by Crippen LogP contribution is 2.32. The monoisotopic (exact) mass is 734 g/mol. The Morgan fingerprint density at radius 1 is 0.750 bits per heavy atom. The standard InChI is InChI=1S/C34H34N6O11S/c41-30(19-35-33(44)50-21-23-6-10-26(11-7-23)39(46)47)36-14-16-37(17-15-36)31(42)29-18-28(52-32(43)25-4-2-1-3-5-25)20-38(29)34(45)51-22-24-8-12-27(13-9-24)40(48)49/h1-13,28-29H,14-22H2,(H,35,44)/t28-,29-/m0/s1. The second kappa shape index (κ2) is 17.3. The Kier molecular flexibility index (Phi) is 12.4. The van der Waals surface area contributed by atoms with Crippen molar-refractivity contribution in [2.24, 2.45) is 0 Å². The molecule has 0 unspecified atom stereocenters. The Morgan fingerprint density at radius 3 is 1.85 bits per heavy atom. The van der Waals surface area contributed by atoms with Crippen LogP contribution >= 0.6 is 11.8 Å². The molecule has 4 amide bonds. The van der Waals surface area contributed by atoms with E-state index in [2.05, 4.69) is 5.32 Å². The zero-order chi connectivity index (χ0) is 37.2. The lowest BCUT2D eigenvalue weighted by Crippen LogP contribution is -2.56. The molecule has 2 saturated heterocycles. The minimum atomic E-state index is -0.931. The van der Waals surface area contributed by atoms with Crippen molar-refractivity contribution in [2.45, 2.75) is 30.9 Å². The Labute approximate surface area is 301 Å². The van der Waals surface area contributed by atoms with Crippen LogP contribution < -0.4 is 5.32 Å². The van der Waals surface area contributed by atoms with Gasteiger partial charge in [-0.2, -0.15) is 0 Å². The molecule has 2 aliphatic heterocycles. The van der Waals surface area contributed by atoms with Crippen molar-refractivity contribution < 1.29 is 43.3 Å². The molecule has 18 heteroatoms. The third-order valence-corrected chi connectivity index (χ3v) is 9.54. The summed E-state index contributed by atoms with van der Waals surface area (Å²) in [5.41, 5.74) is 1.32. The van der Waals surface area contributed by atoms with Crippen molar-refractivity contribution in [2.75, 3.05) is 39.3 Å². The summed E-state index contributed by atoms with van der Waals surface area (Å²) in [6.07, 6.45) is -1.42. The zero-order valence-electron chi connectivity index (χ0n) is 27.7. The van der Waals surface area contributed by atoms with Gasteiger partial charge in [0.1, 0.15) is 25.8 Å². The lowest BCUT2D eigenvalue weighted by molar-refractivity contribution is -0.385. The van der Waals surface area contributed by atoms with Crippen LogP contribution in [0.5, 0.6) is 0 Å². The maximum absolute atomic E-state index is 13.8. The molecule has 3 aromatic rings. The maximum Gasteiger partial charge on any atom is 0.410 e. The number of carbonyl (C=O) groups excluding carboxylic acids is 5. The van der Waals surface area contributed by atoms with Crippen LogP contribution in [0.25, 0.3) is 0 Å². The quantitative estimate of drug-likeness (QED) is 0.220. The summed E-state index contributed by atoms with van der Waals surface area (Å²) in [7, 11) is 0. The molecule has 0 radical (unpaired) electrons. The number of benzene rings is 3. The lowest BCUT2D eigenvalue weighted by Gasteiger charge is -2.37. The fourth-order valence-electron chi connectivity index (χ4n) is 5.61. The topological polar surface area (TPSA) is 212 Å². The highest BCUT2D eigenvalue weighted by atomic mass is 32.2. The molecule has 1 N–H and O–H groups in total. The van der Waals surface area contributed by atoms with E-state index in [-0.39, 0.29) is 81.3 Å². The first kappa shape index (κ1) is 37.2. The summed E-state index contributed by atoms with van der Waals surface area (Å²) >= 11 is 1.04. The number of nitrogens with zero attached hydrogens (tertiary/aromatic N) is 5. The van der Waals surface area contributed by atoms with Crippen molar-refractivity contribution in [3.05, 3.63) is 116 Å². The van der Waals surface area contributed by atoms with Gasteiger partial charge in [-0.25, -0.2) is 9.59 Å². The smallest absolute Gasteiger partial charge is 0.410 e. The van der Waals surface area contributed by atoms with Gasteiger partial charge in [-0.1, -0.05) is 42.1 Å². The third-order valence-electron chi connectivity index (χ3n) is 8.42. The predicted octanol–water partition coefficient (Wildman–Crippen LogP) is 3.75. The Hall–Kier alpha value is -6.04. The number of hydrogen-bond acceptors (Lipinski definition) is 12. The highest BCUT2D eigenvalue weighted by molar-refractivity contribution is 8.14. The zero-order valence-corrected chi connectivity index (χ0v) is 28.5. The second-order valence-electron chi connectivity index (χ2n) is 11.8. The van der Waals surface area contributed by atoms with Gasteiger partial charge in [-0.05, 0) is 41.8 Å². The van der Waals surface area contributed by atoms with Gasteiger partial charge in [0.15, 0.2) is 0 Å². The van der Waals surface area contributed by atoms with Crippen LogP contribution in [-0.4, -0.2) is 104 Å². The van der Waals surface area contributed by atoms with E-state index in [1.54, 1.807) is 35.2 Å². The number of non-ortho nitro benzene ring substituents is 2. The molecular weight excluding hydrogens is 700 g/mol. The molecule has 0 aromatic heterocycles. The maximum atomic E-state index is 13.8. The first-order chi connectivity index (χ1) is 25.0. The molecule has 2 aliphatic rings. The van der Waals surface area contributed by atoms with E-state index in [0.29, 0.717) is 16.7 Å². The SMILES string of the molecule is O=C(NCC(=O)N1CCN(C(=O)[C@@H]2C[C@H](SC(=O)c3ccccc3)CN2C(=O)OCc2ccc([N+](=O)[O-])cc2)CC1)OCc1ccc([N+](=O)[O-])cc1. The number of nitrogens with one attached hydrogen (secondary N) is 1. The van der Waals surface area contributed by atoms with Crippen molar-refractivity contribution >= 4 is 52.3 Å².